The van der Waals surface area contributed by atoms with E-state index in [0.717, 1.165) is 73.9 Å². The van der Waals surface area contributed by atoms with Gasteiger partial charge in [-0.2, -0.15) is 4.31 Å². The lowest BCUT2D eigenvalue weighted by atomic mass is 9.87. The molecule has 2 aromatic heterocycles. The number of aromatic nitrogens is 4. The minimum absolute atomic E-state index is 0.0317. The number of nitrogens with zero attached hydrogens (tertiary/aromatic N) is 4. The highest BCUT2D eigenvalue weighted by Crippen LogP contribution is 2.61. The first-order chi connectivity index (χ1) is 33.6. The summed E-state index contributed by atoms with van der Waals surface area (Å²) >= 11 is 1.13. The molecule has 2 unspecified atom stereocenters. The Bertz CT molecular complexity index is 2210. The second kappa shape index (κ2) is 31.5. The first kappa shape index (κ1) is 62.1. The van der Waals surface area contributed by atoms with E-state index in [2.05, 4.69) is 77.8 Å². The molecule has 0 spiro atoms. The number of fused-ring (bicyclic) bond motifs is 1. The van der Waals surface area contributed by atoms with Gasteiger partial charge < -0.3 is 50.9 Å². The Labute approximate surface area is 418 Å². The van der Waals surface area contributed by atoms with Crippen molar-refractivity contribution in [2.45, 2.75) is 148 Å². The lowest BCUT2D eigenvalue weighted by Gasteiger charge is -2.30. The number of anilines is 1. The first-order valence-corrected chi connectivity index (χ1v) is 29.1. The van der Waals surface area contributed by atoms with Crippen LogP contribution < -0.4 is 16.4 Å². The molecule has 0 radical (unpaired) electrons. The van der Waals surface area contributed by atoms with Crippen molar-refractivity contribution in [3.8, 4) is 0 Å². The number of thioether (sulfide) groups is 1. The van der Waals surface area contributed by atoms with Crippen molar-refractivity contribution >= 4 is 69.1 Å². The molecule has 2 amide bonds. The number of nitrogen functional groups attached to an aromatic ring is 1. The van der Waals surface area contributed by atoms with Crippen LogP contribution in [0.1, 0.15) is 123 Å². The number of aliphatic hydroxyl groups excluding tert-OH is 2. The molecule has 28 heteroatoms. The minimum Gasteiger partial charge on any atom is -0.386 e. The van der Waals surface area contributed by atoms with Crippen LogP contribution in [0.4, 0.5) is 5.82 Å². The molecular formula is C43H72N7O17P3S. The molecule has 3 rings (SSSR count). The highest BCUT2D eigenvalue weighted by Gasteiger charge is 2.50. The second-order valence-electron chi connectivity index (χ2n) is 17.3. The summed E-state index contributed by atoms with van der Waals surface area (Å²) in [7, 11) is -16.4. The van der Waals surface area contributed by atoms with E-state index < -0.39 is 84.6 Å². The number of phosphoric acid groups is 3. The highest BCUT2D eigenvalue weighted by atomic mass is 32.2. The van der Waals surface area contributed by atoms with Crippen LogP contribution in [0.15, 0.2) is 49.1 Å². The molecule has 71 heavy (non-hydrogen) atoms. The molecule has 0 saturated carbocycles. The van der Waals surface area contributed by atoms with Gasteiger partial charge in [-0.25, -0.2) is 28.6 Å². The molecule has 0 aliphatic carbocycles. The van der Waals surface area contributed by atoms with Crippen molar-refractivity contribution < 1.29 is 80.5 Å². The number of imidazole rings is 1. The summed E-state index contributed by atoms with van der Waals surface area (Å²) < 4.78 is 62.5. The van der Waals surface area contributed by atoms with Crippen LogP contribution in [0.5, 0.6) is 0 Å². The second-order valence-corrected chi connectivity index (χ2v) is 22.7. The Balaban J connectivity index is 1.27. The van der Waals surface area contributed by atoms with E-state index in [1.807, 2.05) is 0 Å². The molecule has 10 N–H and O–H groups in total. The van der Waals surface area contributed by atoms with Gasteiger partial charge in [-0.05, 0) is 44.9 Å². The maximum absolute atomic E-state index is 12.8. The van der Waals surface area contributed by atoms with Gasteiger partial charge in [-0.1, -0.05) is 108 Å². The average molecular weight is 1080 g/mol. The molecule has 1 saturated heterocycles. The molecular weight excluding hydrogens is 1010 g/mol. The smallest absolute Gasteiger partial charge is 0.386 e. The Morgan fingerprint density at radius 1 is 0.859 bits per heavy atom. The van der Waals surface area contributed by atoms with Crippen molar-refractivity contribution in [1.29, 1.82) is 0 Å². The number of hydrogen-bond acceptors (Lipinski definition) is 18. The van der Waals surface area contributed by atoms with Crippen molar-refractivity contribution in [3.63, 3.8) is 0 Å². The van der Waals surface area contributed by atoms with E-state index in [-0.39, 0.29) is 41.6 Å². The Hall–Kier alpha value is -3.22. The number of nitrogens with two attached hydrogens (primary N) is 1. The Kier molecular flexibility index (Phi) is 27.5. The zero-order valence-corrected chi connectivity index (χ0v) is 43.9. The zero-order valence-electron chi connectivity index (χ0n) is 40.4. The summed E-state index contributed by atoms with van der Waals surface area (Å²) in [5, 5.41) is 26.6. The molecule has 1 fully saturated rings. The van der Waals surface area contributed by atoms with Crippen molar-refractivity contribution in [1.82, 2.24) is 30.2 Å². The summed E-state index contributed by atoms with van der Waals surface area (Å²) in [5.41, 5.74) is 4.28. The maximum Gasteiger partial charge on any atom is 0.481 e. The van der Waals surface area contributed by atoms with Crippen LogP contribution in [0, 0.1) is 5.41 Å². The van der Waals surface area contributed by atoms with Crippen molar-refractivity contribution in [2.24, 2.45) is 5.41 Å². The Morgan fingerprint density at radius 3 is 2.14 bits per heavy atom. The SMILES string of the molecule is CCCCCCCC/C=C\C/C=C\C/C=C\CCCCCC(=O)SCCNC(=O)CCNC(=O)[C@H](O)C(C)(C)COP(=O)(O)OP(=O)(O)OC[C@H]1O[C@@H](n2cnc3c(N)ncnc32)[C@H](O)[C@@H]1OP(=O)(O)O. The molecule has 7 atom stereocenters. The lowest BCUT2D eigenvalue weighted by molar-refractivity contribution is -0.137. The van der Waals surface area contributed by atoms with Crippen LogP contribution in [-0.2, 0) is 50.7 Å². The summed E-state index contributed by atoms with van der Waals surface area (Å²) in [4.78, 5) is 88.5. The summed E-state index contributed by atoms with van der Waals surface area (Å²) in [5.74, 6) is -1.06. The molecule has 0 aromatic carbocycles. The third-order valence-electron chi connectivity index (χ3n) is 10.8. The fraction of sp³-hybridized carbons (Fsp3) is 0.674. The number of hydrogen-bond donors (Lipinski definition) is 9. The summed E-state index contributed by atoms with van der Waals surface area (Å²) in [6.45, 7) is 2.77. The standard InChI is InChI=1S/C43H72N7O17P3S/c1-4-5-6-7-8-9-10-11-12-13-14-15-16-17-18-19-20-21-22-23-34(52)71-27-26-45-33(51)24-25-46-41(55)38(54)43(2,3)29-64-70(61,62)67-69(59,60)63-28-32-37(66-68(56,57)58)36(53)42(65-32)50-31-49-35-39(44)47-30-48-40(35)50/h11-12,14-15,17-18,30-32,36-38,42,53-54H,4-10,13,16,19-29H2,1-3H3,(H,45,51)(H,46,55)(H,59,60)(H,61,62)(H2,44,47,48)(H2,56,57,58)/b12-11-,15-14-,18-17-/t32-,36-,37-,38+,42-/m1/s1. The molecule has 2 aromatic rings. The Morgan fingerprint density at radius 2 is 1.48 bits per heavy atom. The average Bonchev–Trinajstić information content (AvgIpc) is 3.86. The number of rotatable bonds is 36. The maximum atomic E-state index is 12.8. The van der Waals surface area contributed by atoms with E-state index in [1.165, 1.54) is 52.4 Å². The summed E-state index contributed by atoms with van der Waals surface area (Å²) in [6, 6.07) is 0. The number of phosphoric ester groups is 3. The highest BCUT2D eigenvalue weighted by molar-refractivity contribution is 8.13. The number of allylic oxidation sites excluding steroid dienone is 6. The number of amides is 2. The van der Waals surface area contributed by atoms with Gasteiger partial charge in [0.2, 0.25) is 11.8 Å². The minimum atomic E-state index is -5.58. The lowest BCUT2D eigenvalue weighted by Crippen LogP contribution is -2.46. The third-order valence-corrected chi connectivity index (χ3v) is 14.8. The number of carbonyl (C=O) groups is 3. The van der Waals surface area contributed by atoms with Gasteiger partial charge >= 0.3 is 23.5 Å². The van der Waals surface area contributed by atoms with Gasteiger partial charge in [0.15, 0.2) is 22.8 Å². The normalized spacial score (nSPS) is 20.0. The van der Waals surface area contributed by atoms with Gasteiger partial charge in [0.05, 0.1) is 19.5 Å². The number of nitrogens with one attached hydrogen (secondary N) is 2. The molecule has 402 valence electrons. The molecule has 0 bridgehead atoms. The largest absolute Gasteiger partial charge is 0.481 e. The van der Waals surface area contributed by atoms with E-state index in [9.17, 15) is 57.9 Å². The van der Waals surface area contributed by atoms with Crippen LogP contribution >= 0.6 is 35.2 Å². The number of ether oxygens (including phenoxy) is 1. The van der Waals surface area contributed by atoms with Gasteiger partial charge in [0.1, 0.15) is 36.3 Å². The summed E-state index contributed by atoms with van der Waals surface area (Å²) in [6.07, 6.45) is 21.4. The topological polar surface area (TPSA) is 364 Å². The van der Waals surface area contributed by atoms with Gasteiger partial charge in [0.25, 0.3) is 0 Å². The van der Waals surface area contributed by atoms with Gasteiger partial charge in [-0.15, -0.1) is 0 Å². The molecule has 24 nitrogen and oxygen atoms in total. The predicted molar refractivity (Wildman–Crippen MR) is 265 cm³/mol. The fourth-order valence-electron chi connectivity index (χ4n) is 6.90. The fourth-order valence-corrected chi connectivity index (χ4v) is 10.4. The van der Waals surface area contributed by atoms with Crippen LogP contribution in [0.3, 0.4) is 0 Å². The predicted octanol–water partition coefficient (Wildman–Crippen LogP) is 5.81. The first-order valence-electron chi connectivity index (χ1n) is 23.6. The molecule has 1 aliphatic heterocycles. The van der Waals surface area contributed by atoms with Crippen molar-refractivity contribution in [2.75, 3.05) is 37.8 Å². The van der Waals surface area contributed by atoms with Gasteiger partial charge in [0, 0.05) is 37.1 Å². The molecule has 1 aliphatic rings. The van der Waals surface area contributed by atoms with Crippen LogP contribution in [0.25, 0.3) is 11.2 Å². The van der Waals surface area contributed by atoms with Crippen LogP contribution in [0.2, 0.25) is 0 Å². The zero-order chi connectivity index (χ0) is 52.5. The van der Waals surface area contributed by atoms with E-state index >= 15 is 0 Å². The number of carbonyl (C=O) groups excluding carboxylic acids is 3. The van der Waals surface area contributed by atoms with E-state index in [0.29, 0.717) is 12.2 Å². The number of aliphatic hydroxyl groups is 2. The quantitative estimate of drug-likeness (QED) is 0.0221. The molecule has 3 heterocycles. The monoisotopic (exact) mass is 1080 g/mol. The van der Waals surface area contributed by atoms with Crippen molar-refractivity contribution in [3.05, 3.63) is 49.1 Å². The van der Waals surface area contributed by atoms with E-state index in [4.69, 9.17) is 19.5 Å². The third kappa shape index (κ3) is 24.1. The number of unbranched alkanes of at least 4 members (excludes halogenated alkanes) is 9. The van der Waals surface area contributed by atoms with E-state index in [1.54, 1.807) is 0 Å². The van der Waals surface area contributed by atoms with Gasteiger partial charge in [-0.3, -0.25) is 32.5 Å². The van der Waals surface area contributed by atoms with Crippen LogP contribution in [-0.4, -0.2) is 123 Å².